The van der Waals surface area contributed by atoms with Crippen LogP contribution in [0.25, 0.3) is 17.0 Å². The second-order valence-electron chi connectivity index (χ2n) is 4.16. The normalized spacial score (nSPS) is 18.3. The molecule has 1 atom stereocenters. The van der Waals surface area contributed by atoms with E-state index in [1.165, 1.54) is 0 Å². The summed E-state index contributed by atoms with van der Waals surface area (Å²) in [6.45, 7) is 0. The third kappa shape index (κ3) is 2.23. The first-order valence-corrected chi connectivity index (χ1v) is 6.85. The third-order valence-corrected chi connectivity index (χ3v) is 4.25. The lowest BCUT2D eigenvalue weighted by Crippen LogP contribution is -2.12. The average molecular weight is 319 g/mol. The summed E-state index contributed by atoms with van der Waals surface area (Å²) >= 11 is 6.94. The van der Waals surface area contributed by atoms with E-state index in [9.17, 15) is 18.0 Å². The molecule has 1 aliphatic heterocycles. The van der Waals surface area contributed by atoms with Gasteiger partial charge in [0.25, 0.3) is 0 Å². The smallest absolute Gasteiger partial charge is 0.416 e. The molecule has 0 aliphatic carbocycles. The molecular weight excluding hydrogens is 313 g/mol. The van der Waals surface area contributed by atoms with Gasteiger partial charge in [-0.3, -0.25) is 4.79 Å². The molecule has 0 bridgehead atoms. The summed E-state index contributed by atoms with van der Waals surface area (Å²) in [5.41, 5.74) is -1.25. The Morgan fingerprint density at radius 2 is 2.05 bits per heavy atom. The Morgan fingerprint density at radius 3 is 2.75 bits per heavy atom. The fourth-order valence-electron chi connectivity index (χ4n) is 1.91. The van der Waals surface area contributed by atoms with Crippen LogP contribution in [-0.4, -0.2) is 4.71 Å². The monoisotopic (exact) mass is 318 g/mol. The SMILES string of the molecule is O=c1c2c(oc3ccc(C(F)(F)F)cc13)C=CC(Cl)S2. The van der Waals surface area contributed by atoms with Gasteiger partial charge in [-0.15, -0.1) is 11.6 Å². The molecule has 0 radical (unpaired) electrons. The number of benzene rings is 1. The standard InChI is InChI=1S/C13H6ClF3O2S/c14-10-4-3-9-12(20-10)11(18)7-5-6(13(15,16)17)1-2-8(7)19-9/h1-5,10H. The molecule has 20 heavy (non-hydrogen) atoms. The molecule has 2 nitrogen and oxygen atoms in total. The quantitative estimate of drug-likeness (QED) is 0.670. The molecule has 1 unspecified atom stereocenters. The van der Waals surface area contributed by atoms with Crippen LogP contribution in [0.1, 0.15) is 11.3 Å². The lowest BCUT2D eigenvalue weighted by Gasteiger charge is -2.13. The Hall–Kier alpha value is -1.40. The minimum Gasteiger partial charge on any atom is -0.455 e. The minimum atomic E-state index is -4.50. The Morgan fingerprint density at radius 1 is 1.30 bits per heavy atom. The molecule has 7 heteroatoms. The number of thioether (sulfide) groups is 1. The maximum Gasteiger partial charge on any atom is 0.416 e. The number of hydrogen-bond donors (Lipinski definition) is 0. The van der Waals surface area contributed by atoms with Crippen molar-refractivity contribution < 1.29 is 17.6 Å². The summed E-state index contributed by atoms with van der Waals surface area (Å²) in [4.78, 5) is 12.5. The van der Waals surface area contributed by atoms with E-state index in [1.54, 1.807) is 12.2 Å². The average Bonchev–Trinajstić information content (AvgIpc) is 2.38. The van der Waals surface area contributed by atoms with Gasteiger partial charge >= 0.3 is 6.18 Å². The minimum absolute atomic E-state index is 0.0924. The highest BCUT2D eigenvalue weighted by molar-refractivity contribution is 8.01. The Kier molecular flexibility index (Phi) is 3.10. The van der Waals surface area contributed by atoms with Crippen molar-refractivity contribution in [1.29, 1.82) is 0 Å². The highest BCUT2D eigenvalue weighted by Crippen LogP contribution is 2.36. The third-order valence-electron chi connectivity index (χ3n) is 2.83. The van der Waals surface area contributed by atoms with Crippen molar-refractivity contribution in [3.8, 4) is 0 Å². The van der Waals surface area contributed by atoms with Crippen molar-refractivity contribution in [2.24, 2.45) is 0 Å². The molecule has 0 amide bonds. The summed E-state index contributed by atoms with van der Waals surface area (Å²) < 4.78 is 43.0. The molecule has 104 valence electrons. The predicted octanol–water partition coefficient (Wildman–Crippen LogP) is 4.50. The highest BCUT2D eigenvalue weighted by atomic mass is 35.5. The van der Waals surface area contributed by atoms with E-state index in [-0.39, 0.29) is 15.9 Å². The number of rotatable bonds is 0. The maximum atomic E-state index is 12.7. The van der Waals surface area contributed by atoms with Gasteiger partial charge in [-0.05, 0) is 24.3 Å². The molecule has 2 heterocycles. The molecule has 0 N–H and O–H groups in total. The molecule has 0 fully saturated rings. The van der Waals surface area contributed by atoms with Crippen molar-refractivity contribution in [3.63, 3.8) is 0 Å². The Labute approximate surface area is 120 Å². The van der Waals surface area contributed by atoms with E-state index in [0.29, 0.717) is 5.76 Å². The highest BCUT2D eigenvalue weighted by Gasteiger charge is 2.31. The first kappa shape index (κ1) is 13.6. The Balaban J connectivity index is 2.30. The lowest BCUT2D eigenvalue weighted by atomic mass is 10.1. The number of fused-ring (bicyclic) bond motifs is 2. The van der Waals surface area contributed by atoms with Crippen molar-refractivity contribution in [2.45, 2.75) is 15.8 Å². The first-order chi connectivity index (χ1) is 9.36. The topological polar surface area (TPSA) is 30.2 Å². The zero-order valence-corrected chi connectivity index (χ0v) is 11.3. The predicted molar refractivity (Wildman–Crippen MR) is 72.0 cm³/mol. The van der Waals surface area contributed by atoms with Crippen LogP contribution in [0.3, 0.4) is 0 Å². The molecule has 1 aromatic heterocycles. The van der Waals surface area contributed by atoms with Gasteiger partial charge in [-0.2, -0.15) is 13.2 Å². The largest absolute Gasteiger partial charge is 0.455 e. The molecule has 3 rings (SSSR count). The van der Waals surface area contributed by atoms with Gasteiger partial charge in [-0.1, -0.05) is 17.8 Å². The molecule has 0 saturated carbocycles. The molecule has 1 aromatic carbocycles. The van der Waals surface area contributed by atoms with Crippen molar-refractivity contribution in [2.75, 3.05) is 0 Å². The van der Waals surface area contributed by atoms with Crippen LogP contribution in [0.5, 0.6) is 0 Å². The summed E-state index contributed by atoms with van der Waals surface area (Å²) in [5, 5.41) is -0.0924. The Bertz CT molecular complexity index is 780. The van der Waals surface area contributed by atoms with E-state index in [1.807, 2.05) is 0 Å². The van der Waals surface area contributed by atoms with Gasteiger partial charge in [0, 0.05) is 0 Å². The van der Waals surface area contributed by atoms with E-state index in [2.05, 4.69) is 0 Å². The van der Waals surface area contributed by atoms with Crippen molar-refractivity contribution in [3.05, 3.63) is 45.8 Å². The van der Waals surface area contributed by atoms with Gasteiger partial charge in [0.2, 0.25) is 5.43 Å². The van der Waals surface area contributed by atoms with E-state index in [0.717, 1.165) is 30.0 Å². The summed E-state index contributed by atoms with van der Waals surface area (Å²) in [7, 11) is 0. The van der Waals surface area contributed by atoms with Crippen LogP contribution in [-0.2, 0) is 6.18 Å². The maximum absolute atomic E-state index is 12.7. The molecule has 1 aliphatic rings. The summed E-state index contributed by atoms with van der Waals surface area (Å²) in [5.74, 6) is 0.323. The van der Waals surface area contributed by atoms with Crippen LogP contribution in [0.15, 0.2) is 38.4 Å². The second-order valence-corrected chi connectivity index (χ2v) is 6.04. The second kappa shape index (κ2) is 4.56. The number of halogens is 4. The first-order valence-electron chi connectivity index (χ1n) is 5.53. The molecule has 0 saturated heterocycles. The summed E-state index contributed by atoms with van der Waals surface area (Å²) in [6.07, 6.45) is -1.30. The van der Waals surface area contributed by atoms with Gasteiger partial charge in [0.1, 0.15) is 20.9 Å². The number of alkyl halides is 4. The van der Waals surface area contributed by atoms with Crippen LogP contribution in [0, 0.1) is 0 Å². The van der Waals surface area contributed by atoms with Gasteiger partial charge in [0.15, 0.2) is 0 Å². The van der Waals surface area contributed by atoms with Crippen molar-refractivity contribution >= 4 is 40.4 Å². The molecule has 0 spiro atoms. The summed E-state index contributed by atoms with van der Waals surface area (Å²) in [6, 6.07) is 2.86. The molecule has 2 aromatic rings. The zero-order chi connectivity index (χ0) is 14.5. The molecular formula is C13H6ClF3O2S. The fourth-order valence-corrected chi connectivity index (χ4v) is 3.07. The number of hydrogen-bond acceptors (Lipinski definition) is 3. The van der Waals surface area contributed by atoms with Crippen LogP contribution in [0.2, 0.25) is 0 Å². The van der Waals surface area contributed by atoms with Gasteiger partial charge in [0.05, 0.1) is 10.9 Å². The van der Waals surface area contributed by atoms with Crippen LogP contribution < -0.4 is 5.43 Å². The van der Waals surface area contributed by atoms with Crippen molar-refractivity contribution in [1.82, 2.24) is 0 Å². The van der Waals surface area contributed by atoms with Gasteiger partial charge in [-0.25, -0.2) is 0 Å². The van der Waals surface area contributed by atoms with E-state index >= 15 is 0 Å². The van der Waals surface area contributed by atoms with E-state index < -0.39 is 21.9 Å². The lowest BCUT2D eigenvalue weighted by molar-refractivity contribution is -0.137. The zero-order valence-electron chi connectivity index (χ0n) is 9.70. The fraction of sp³-hybridized carbons (Fsp3) is 0.154. The van der Waals surface area contributed by atoms with Crippen LogP contribution in [0.4, 0.5) is 13.2 Å². The van der Waals surface area contributed by atoms with Crippen LogP contribution >= 0.6 is 23.4 Å². The van der Waals surface area contributed by atoms with Gasteiger partial charge < -0.3 is 4.42 Å². The van der Waals surface area contributed by atoms with E-state index in [4.69, 9.17) is 16.0 Å².